The lowest BCUT2D eigenvalue weighted by molar-refractivity contribution is 0.0937. The van der Waals surface area contributed by atoms with Gasteiger partial charge in [0.2, 0.25) is 5.43 Å². The van der Waals surface area contributed by atoms with Crippen LogP contribution >= 0.6 is 0 Å². The van der Waals surface area contributed by atoms with E-state index < -0.39 is 5.91 Å². The second kappa shape index (κ2) is 6.80. The predicted molar refractivity (Wildman–Crippen MR) is 94.7 cm³/mol. The first-order valence-corrected chi connectivity index (χ1v) is 8.08. The first-order chi connectivity index (χ1) is 12.0. The molecule has 2 aromatic heterocycles. The van der Waals surface area contributed by atoms with Crippen LogP contribution in [0.5, 0.6) is 5.75 Å². The largest absolute Gasteiger partial charge is 0.508 e. The summed E-state index contributed by atoms with van der Waals surface area (Å²) < 4.78 is 1.55. The Morgan fingerprint density at radius 1 is 1.36 bits per heavy atom. The number of amides is 1. The summed E-state index contributed by atoms with van der Waals surface area (Å²) in [4.78, 5) is 27.8. The van der Waals surface area contributed by atoms with Gasteiger partial charge in [0.05, 0.1) is 11.6 Å². The second-order valence-electron chi connectivity index (χ2n) is 6.14. The maximum absolute atomic E-state index is 12.4. The minimum atomic E-state index is -0.398. The van der Waals surface area contributed by atoms with Crippen molar-refractivity contribution < 1.29 is 9.90 Å². The fourth-order valence-electron chi connectivity index (χ4n) is 2.71. The summed E-state index contributed by atoms with van der Waals surface area (Å²) in [6, 6.07) is 6.89. The molecule has 1 amide bonds. The highest BCUT2D eigenvalue weighted by atomic mass is 16.3. The van der Waals surface area contributed by atoms with E-state index in [1.807, 2.05) is 19.1 Å². The third-order valence-corrected chi connectivity index (χ3v) is 4.21. The van der Waals surface area contributed by atoms with Crippen molar-refractivity contribution in [2.75, 3.05) is 0 Å². The molecule has 2 heterocycles. The predicted octanol–water partition coefficient (Wildman–Crippen LogP) is 1.72. The van der Waals surface area contributed by atoms with Crippen molar-refractivity contribution in [2.24, 2.45) is 7.05 Å². The van der Waals surface area contributed by atoms with Crippen molar-refractivity contribution in [3.63, 3.8) is 0 Å². The molecular formula is C18H20N4O3. The van der Waals surface area contributed by atoms with Crippen LogP contribution in [-0.4, -0.2) is 31.8 Å². The molecule has 3 aromatic rings. The van der Waals surface area contributed by atoms with E-state index in [4.69, 9.17) is 0 Å². The van der Waals surface area contributed by atoms with Gasteiger partial charge < -0.3 is 15.4 Å². The maximum atomic E-state index is 12.4. The minimum absolute atomic E-state index is 0.0805. The van der Waals surface area contributed by atoms with Crippen LogP contribution in [0.3, 0.4) is 0 Å². The molecule has 0 radical (unpaired) electrons. The Morgan fingerprint density at radius 3 is 2.80 bits per heavy atom. The molecule has 0 saturated heterocycles. The van der Waals surface area contributed by atoms with E-state index in [0.717, 1.165) is 18.4 Å². The van der Waals surface area contributed by atoms with Gasteiger partial charge in [-0.3, -0.25) is 14.3 Å². The number of nitrogens with zero attached hydrogens (tertiary/aromatic N) is 2. The van der Waals surface area contributed by atoms with Crippen LogP contribution in [0.15, 0.2) is 41.5 Å². The molecule has 0 spiro atoms. The zero-order valence-corrected chi connectivity index (χ0v) is 14.1. The Morgan fingerprint density at radius 2 is 2.08 bits per heavy atom. The van der Waals surface area contributed by atoms with E-state index in [1.165, 1.54) is 12.4 Å². The Hall–Kier alpha value is -3.09. The summed E-state index contributed by atoms with van der Waals surface area (Å²) in [5, 5.41) is 16.6. The summed E-state index contributed by atoms with van der Waals surface area (Å²) in [5.41, 5.74) is 1.41. The number of hydrogen-bond donors (Lipinski definition) is 3. The third-order valence-electron chi connectivity index (χ3n) is 4.21. The molecule has 1 aromatic carbocycles. The minimum Gasteiger partial charge on any atom is -0.508 e. The summed E-state index contributed by atoms with van der Waals surface area (Å²) in [7, 11) is 1.73. The molecule has 3 N–H and O–H groups in total. The monoisotopic (exact) mass is 340 g/mol. The van der Waals surface area contributed by atoms with Gasteiger partial charge in [-0.05, 0) is 37.5 Å². The molecule has 3 rings (SSSR count). The number of aromatic nitrogens is 3. The highest BCUT2D eigenvalue weighted by molar-refractivity contribution is 5.96. The number of carbonyl (C=O) groups is 1. The zero-order chi connectivity index (χ0) is 18.0. The van der Waals surface area contributed by atoms with Gasteiger partial charge in [-0.2, -0.15) is 5.10 Å². The molecule has 7 nitrogen and oxygen atoms in total. The fraction of sp³-hybridized carbons (Fsp3) is 0.278. The van der Waals surface area contributed by atoms with E-state index in [0.29, 0.717) is 11.0 Å². The van der Waals surface area contributed by atoms with Gasteiger partial charge in [0.1, 0.15) is 17.0 Å². The van der Waals surface area contributed by atoms with E-state index in [-0.39, 0.29) is 22.8 Å². The second-order valence-corrected chi connectivity index (χ2v) is 6.14. The number of phenolic OH excluding ortho intramolecular Hbond substituents is 1. The van der Waals surface area contributed by atoms with Gasteiger partial charge in [0.25, 0.3) is 5.91 Å². The van der Waals surface area contributed by atoms with Crippen molar-refractivity contribution in [3.05, 3.63) is 58.0 Å². The molecule has 0 aliphatic rings. The Bertz CT molecular complexity index is 957. The van der Waals surface area contributed by atoms with Crippen LogP contribution in [0.1, 0.15) is 29.3 Å². The highest BCUT2D eigenvalue weighted by Crippen LogP contribution is 2.12. The van der Waals surface area contributed by atoms with Gasteiger partial charge in [-0.15, -0.1) is 0 Å². The molecule has 1 unspecified atom stereocenters. The zero-order valence-electron chi connectivity index (χ0n) is 14.1. The molecular weight excluding hydrogens is 320 g/mol. The summed E-state index contributed by atoms with van der Waals surface area (Å²) in [6.45, 7) is 1.90. The van der Waals surface area contributed by atoms with Crippen LogP contribution in [0.4, 0.5) is 0 Å². The van der Waals surface area contributed by atoms with Crippen LogP contribution in [0.25, 0.3) is 11.0 Å². The number of nitrogens with one attached hydrogen (secondary N) is 2. The molecule has 0 saturated carbocycles. The molecule has 7 heteroatoms. The molecule has 1 atom stereocenters. The fourth-order valence-corrected chi connectivity index (χ4v) is 2.71. The van der Waals surface area contributed by atoms with Gasteiger partial charge in [0.15, 0.2) is 0 Å². The number of aryl methyl sites for hydroxylation is 2. The van der Waals surface area contributed by atoms with Crippen LogP contribution in [-0.2, 0) is 13.5 Å². The number of aromatic hydroxyl groups is 1. The van der Waals surface area contributed by atoms with Gasteiger partial charge in [-0.25, -0.2) is 0 Å². The lowest BCUT2D eigenvalue weighted by Gasteiger charge is -2.13. The highest BCUT2D eigenvalue weighted by Gasteiger charge is 2.16. The number of benzene rings is 1. The molecule has 0 fully saturated rings. The SMILES string of the molecule is CC(CCc1ccc(O)cc1)NC(=O)c1c[nH]c2c(cnn2C)c1=O. The Labute approximate surface area is 144 Å². The van der Waals surface area contributed by atoms with Crippen molar-refractivity contribution in [1.29, 1.82) is 0 Å². The number of H-pyrrole nitrogens is 1. The Balaban J connectivity index is 1.66. The lowest BCUT2D eigenvalue weighted by Crippen LogP contribution is -2.35. The van der Waals surface area contributed by atoms with Crippen molar-refractivity contribution in [3.8, 4) is 5.75 Å². The number of pyridine rings is 1. The van der Waals surface area contributed by atoms with Crippen LogP contribution < -0.4 is 10.7 Å². The third kappa shape index (κ3) is 3.55. The summed E-state index contributed by atoms with van der Waals surface area (Å²) in [6.07, 6.45) is 4.37. The van der Waals surface area contributed by atoms with Crippen LogP contribution in [0, 0.1) is 0 Å². The van der Waals surface area contributed by atoms with E-state index in [9.17, 15) is 14.7 Å². The average Bonchev–Trinajstić information content (AvgIpc) is 2.97. The molecule has 25 heavy (non-hydrogen) atoms. The lowest BCUT2D eigenvalue weighted by atomic mass is 10.1. The average molecular weight is 340 g/mol. The molecule has 0 bridgehead atoms. The van der Waals surface area contributed by atoms with Crippen molar-refractivity contribution in [2.45, 2.75) is 25.8 Å². The topological polar surface area (TPSA) is 100 Å². The van der Waals surface area contributed by atoms with E-state index >= 15 is 0 Å². The number of aromatic amines is 1. The molecule has 130 valence electrons. The number of carbonyl (C=O) groups excluding carboxylic acids is 1. The quantitative estimate of drug-likeness (QED) is 0.658. The normalized spacial score (nSPS) is 12.2. The maximum Gasteiger partial charge on any atom is 0.256 e. The number of rotatable bonds is 5. The van der Waals surface area contributed by atoms with Crippen molar-refractivity contribution >= 4 is 16.9 Å². The number of fused-ring (bicyclic) bond motifs is 1. The van der Waals surface area contributed by atoms with E-state index in [1.54, 1.807) is 23.9 Å². The number of hydrogen-bond acceptors (Lipinski definition) is 4. The summed E-state index contributed by atoms with van der Waals surface area (Å²) in [5.74, 6) is -0.166. The number of phenols is 1. The van der Waals surface area contributed by atoms with Gasteiger partial charge in [0, 0.05) is 19.3 Å². The van der Waals surface area contributed by atoms with Crippen LogP contribution in [0.2, 0.25) is 0 Å². The Kier molecular flexibility index (Phi) is 4.56. The molecule has 0 aliphatic carbocycles. The van der Waals surface area contributed by atoms with Gasteiger partial charge >= 0.3 is 0 Å². The molecule has 0 aliphatic heterocycles. The first-order valence-electron chi connectivity index (χ1n) is 8.08. The van der Waals surface area contributed by atoms with E-state index in [2.05, 4.69) is 15.4 Å². The van der Waals surface area contributed by atoms with Crippen molar-refractivity contribution in [1.82, 2.24) is 20.1 Å². The van der Waals surface area contributed by atoms with Gasteiger partial charge in [-0.1, -0.05) is 12.1 Å². The smallest absolute Gasteiger partial charge is 0.256 e. The summed E-state index contributed by atoms with van der Waals surface area (Å²) >= 11 is 0. The standard InChI is InChI=1S/C18H20N4O3/c1-11(3-4-12-5-7-13(23)8-6-12)21-18(25)15-9-19-17-14(16(15)24)10-20-22(17)2/h5-11,23H,3-4H2,1-2H3,(H,19,24)(H,21,25). The first kappa shape index (κ1) is 16.8.